The summed E-state index contributed by atoms with van der Waals surface area (Å²) < 4.78 is 0. The van der Waals surface area contributed by atoms with Crippen molar-refractivity contribution < 1.29 is 9.90 Å². The number of aromatic hydroxyl groups is 1. The number of benzene rings is 1. The summed E-state index contributed by atoms with van der Waals surface area (Å²) in [4.78, 5) is 14.7. The molecule has 0 aliphatic carbocycles. The lowest BCUT2D eigenvalue weighted by atomic mass is 10.1. The molecule has 1 fully saturated rings. The summed E-state index contributed by atoms with van der Waals surface area (Å²) in [5.74, 6) is 0.577. The number of phenols is 1. The molecule has 1 atom stereocenters. The van der Waals surface area contributed by atoms with Gasteiger partial charge in [-0.15, -0.1) is 0 Å². The van der Waals surface area contributed by atoms with Gasteiger partial charge < -0.3 is 10.4 Å². The van der Waals surface area contributed by atoms with Crippen molar-refractivity contribution in [3.63, 3.8) is 0 Å². The number of carbonyl (C=O) groups is 1. The highest BCUT2D eigenvalue weighted by molar-refractivity contribution is 5.96. The Bertz CT molecular complexity index is 581. The molecule has 1 heterocycles. The Morgan fingerprint density at radius 3 is 3.00 bits per heavy atom. The Morgan fingerprint density at radius 2 is 2.26 bits per heavy atom. The van der Waals surface area contributed by atoms with Crippen molar-refractivity contribution >= 4 is 5.91 Å². The third-order valence-electron chi connectivity index (χ3n) is 4.50. The third-order valence-corrected chi connectivity index (χ3v) is 4.50. The zero-order chi connectivity index (χ0) is 16.8. The second-order valence-corrected chi connectivity index (χ2v) is 6.51. The van der Waals surface area contributed by atoms with Crippen LogP contribution in [0.1, 0.15) is 42.6 Å². The molecule has 1 aliphatic heterocycles. The predicted molar refractivity (Wildman–Crippen MR) is 93.8 cm³/mol. The molecule has 0 radical (unpaired) electrons. The molecule has 0 bridgehead atoms. The van der Waals surface area contributed by atoms with Crippen molar-refractivity contribution in [3.8, 4) is 5.75 Å². The van der Waals surface area contributed by atoms with E-state index in [1.54, 1.807) is 25.1 Å². The molecule has 1 aliphatic rings. The maximum atomic E-state index is 12.3. The fourth-order valence-corrected chi connectivity index (χ4v) is 3.19. The summed E-state index contributed by atoms with van der Waals surface area (Å²) in [7, 11) is 0. The minimum Gasteiger partial charge on any atom is -0.508 e. The molecule has 2 N–H and O–H groups in total. The molecule has 0 spiro atoms. The number of allylic oxidation sites excluding steroid dienone is 1. The van der Waals surface area contributed by atoms with Crippen LogP contribution in [0.2, 0.25) is 0 Å². The maximum Gasteiger partial charge on any atom is 0.251 e. The van der Waals surface area contributed by atoms with Gasteiger partial charge in [0.05, 0.1) is 0 Å². The van der Waals surface area contributed by atoms with Crippen LogP contribution in [0.5, 0.6) is 5.75 Å². The lowest BCUT2D eigenvalue weighted by Gasteiger charge is -2.17. The van der Waals surface area contributed by atoms with Crippen molar-refractivity contribution in [3.05, 3.63) is 41.0 Å². The van der Waals surface area contributed by atoms with E-state index in [1.807, 2.05) is 0 Å². The van der Waals surface area contributed by atoms with Crippen molar-refractivity contribution in [2.75, 3.05) is 26.2 Å². The highest BCUT2D eigenvalue weighted by atomic mass is 16.3. The molecule has 2 rings (SSSR count). The SMILES string of the molecule is CC/C=C(\C)CN1CC[C@H](CNC(=O)c2cccc(O)c2C)C1. The largest absolute Gasteiger partial charge is 0.508 e. The van der Waals surface area contributed by atoms with Gasteiger partial charge in [-0.25, -0.2) is 0 Å². The second kappa shape index (κ2) is 8.16. The second-order valence-electron chi connectivity index (χ2n) is 6.51. The summed E-state index contributed by atoms with van der Waals surface area (Å²) in [6.45, 7) is 9.97. The zero-order valence-electron chi connectivity index (χ0n) is 14.4. The number of phenolic OH excluding ortho intramolecular Hbond substituents is 1. The number of hydrogen-bond acceptors (Lipinski definition) is 3. The molecule has 1 aromatic carbocycles. The van der Waals surface area contributed by atoms with E-state index >= 15 is 0 Å². The maximum absolute atomic E-state index is 12.3. The Labute approximate surface area is 139 Å². The monoisotopic (exact) mass is 316 g/mol. The number of hydrogen-bond donors (Lipinski definition) is 2. The fraction of sp³-hybridized carbons (Fsp3) is 0.526. The molecule has 4 heteroatoms. The summed E-state index contributed by atoms with van der Waals surface area (Å²) in [5, 5.41) is 12.7. The molecule has 1 saturated heterocycles. The standard InChI is InChI=1S/C19H28N2O2/c1-4-6-14(2)12-21-10-9-16(13-21)11-20-19(23)17-7-5-8-18(22)15(17)3/h5-8,16,22H,4,9-13H2,1-3H3,(H,20,23)/b14-6+/t16-/m1/s1. The number of likely N-dealkylation sites (tertiary alicyclic amines) is 1. The molecule has 0 unspecified atom stereocenters. The van der Waals surface area contributed by atoms with E-state index in [1.165, 1.54) is 5.57 Å². The van der Waals surface area contributed by atoms with Crippen LogP contribution in [-0.2, 0) is 0 Å². The molecule has 126 valence electrons. The smallest absolute Gasteiger partial charge is 0.251 e. The lowest BCUT2D eigenvalue weighted by Crippen LogP contribution is -2.31. The Hall–Kier alpha value is -1.81. The van der Waals surface area contributed by atoms with Crippen LogP contribution in [0.25, 0.3) is 0 Å². The summed E-state index contributed by atoms with van der Waals surface area (Å²) in [6, 6.07) is 5.06. The van der Waals surface area contributed by atoms with Crippen LogP contribution in [0.4, 0.5) is 0 Å². The van der Waals surface area contributed by atoms with Gasteiger partial charge in [-0.05, 0) is 51.3 Å². The van der Waals surface area contributed by atoms with Crippen LogP contribution >= 0.6 is 0 Å². The van der Waals surface area contributed by atoms with Gasteiger partial charge in [-0.3, -0.25) is 9.69 Å². The highest BCUT2D eigenvalue weighted by Gasteiger charge is 2.23. The summed E-state index contributed by atoms with van der Waals surface area (Å²) >= 11 is 0. The van der Waals surface area contributed by atoms with Crippen molar-refractivity contribution in [2.45, 2.75) is 33.6 Å². The van der Waals surface area contributed by atoms with E-state index in [2.05, 4.69) is 30.1 Å². The van der Waals surface area contributed by atoms with E-state index in [0.29, 0.717) is 23.6 Å². The van der Waals surface area contributed by atoms with E-state index < -0.39 is 0 Å². The number of rotatable bonds is 6. The summed E-state index contributed by atoms with van der Waals surface area (Å²) in [5.41, 5.74) is 2.62. The van der Waals surface area contributed by atoms with Gasteiger partial charge in [0, 0.05) is 30.8 Å². The first-order valence-electron chi connectivity index (χ1n) is 8.46. The average Bonchev–Trinajstić information content (AvgIpc) is 2.95. The van der Waals surface area contributed by atoms with E-state index in [-0.39, 0.29) is 11.7 Å². The van der Waals surface area contributed by atoms with Crippen molar-refractivity contribution in [2.24, 2.45) is 5.92 Å². The number of amides is 1. The Kier molecular flexibility index (Phi) is 6.22. The van der Waals surface area contributed by atoms with Gasteiger partial charge >= 0.3 is 0 Å². The van der Waals surface area contributed by atoms with E-state index in [0.717, 1.165) is 32.5 Å². The van der Waals surface area contributed by atoms with Gasteiger partial charge in [0.2, 0.25) is 0 Å². The van der Waals surface area contributed by atoms with E-state index in [4.69, 9.17) is 0 Å². The first kappa shape index (κ1) is 17.5. The topological polar surface area (TPSA) is 52.6 Å². The van der Waals surface area contributed by atoms with Gasteiger partial charge in [0.15, 0.2) is 0 Å². The minimum atomic E-state index is -0.0982. The molecule has 1 aromatic rings. The minimum absolute atomic E-state index is 0.0982. The lowest BCUT2D eigenvalue weighted by molar-refractivity contribution is 0.0946. The van der Waals surface area contributed by atoms with Gasteiger partial charge in [-0.2, -0.15) is 0 Å². The van der Waals surface area contributed by atoms with E-state index in [9.17, 15) is 9.90 Å². The zero-order valence-corrected chi connectivity index (χ0v) is 14.4. The average molecular weight is 316 g/mol. The molecular weight excluding hydrogens is 288 g/mol. The van der Waals surface area contributed by atoms with Gasteiger partial charge in [0.1, 0.15) is 5.75 Å². The Balaban J connectivity index is 1.82. The molecule has 0 aromatic heterocycles. The molecule has 1 amide bonds. The molecule has 4 nitrogen and oxygen atoms in total. The first-order valence-corrected chi connectivity index (χ1v) is 8.46. The van der Waals surface area contributed by atoms with Crippen LogP contribution in [0.3, 0.4) is 0 Å². The third kappa shape index (κ3) is 4.83. The van der Waals surface area contributed by atoms with Crippen LogP contribution in [-0.4, -0.2) is 42.1 Å². The Morgan fingerprint density at radius 1 is 1.48 bits per heavy atom. The summed E-state index contributed by atoms with van der Waals surface area (Å²) in [6.07, 6.45) is 4.49. The number of nitrogens with one attached hydrogen (secondary N) is 1. The van der Waals surface area contributed by atoms with Gasteiger partial charge in [0.25, 0.3) is 5.91 Å². The molecule has 23 heavy (non-hydrogen) atoms. The quantitative estimate of drug-likeness (QED) is 0.793. The number of carbonyl (C=O) groups excluding carboxylic acids is 1. The highest BCUT2D eigenvalue weighted by Crippen LogP contribution is 2.20. The normalized spacial score (nSPS) is 19.1. The fourth-order valence-electron chi connectivity index (χ4n) is 3.19. The first-order chi connectivity index (χ1) is 11.0. The van der Waals surface area contributed by atoms with Crippen LogP contribution < -0.4 is 5.32 Å². The number of nitrogens with zero attached hydrogens (tertiary/aromatic N) is 1. The molecule has 0 saturated carbocycles. The van der Waals surface area contributed by atoms with Gasteiger partial charge in [-0.1, -0.05) is 24.6 Å². The van der Waals surface area contributed by atoms with Crippen LogP contribution in [0, 0.1) is 12.8 Å². The van der Waals surface area contributed by atoms with Crippen molar-refractivity contribution in [1.29, 1.82) is 0 Å². The molecular formula is C19H28N2O2. The predicted octanol–water partition coefficient (Wildman–Crippen LogP) is 3.11. The van der Waals surface area contributed by atoms with Crippen molar-refractivity contribution in [1.82, 2.24) is 10.2 Å². The van der Waals surface area contributed by atoms with Crippen LogP contribution in [0.15, 0.2) is 29.8 Å².